The van der Waals surface area contributed by atoms with Gasteiger partial charge in [-0.15, -0.1) is 0 Å². The van der Waals surface area contributed by atoms with Crippen LogP contribution < -0.4 is 5.32 Å². The van der Waals surface area contributed by atoms with Gasteiger partial charge in [0.05, 0.1) is 0 Å². The predicted molar refractivity (Wildman–Crippen MR) is 68.6 cm³/mol. The zero-order valence-corrected chi connectivity index (χ0v) is 11.3. The Kier molecular flexibility index (Phi) is 5.16. The average molecular weight is 239 g/mol. The standard InChI is InChI=1S/C14H25NO2/c1-4-5-8-14(10-16)9-12(14)15-13(17)7-6-11(2)3/h10-12H,4-9H2,1-3H3,(H,15,17)/t12?,14-/m0/s1. The summed E-state index contributed by atoms with van der Waals surface area (Å²) in [6.07, 6.45) is 6.47. The van der Waals surface area contributed by atoms with Crippen molar-refractivity contribution < 1.29 is 9.59 Å². The van der Waals surface area contributed by atoms with Crippen molar-refractivity contribution in [2.24, 2.45) is 11.3 Å². The quantitative estimate of drug-likeness (QED) is 0.662. The number of hydrogen-bond donors (Lipinski definition) is 1. The minimum absolute atomic E-state index is 0.101. The Morgan fingerprint density at radius 1 is 1.53 bits per heavy atom. The van der Waals surface area contributed by atoms with Gasteiger partial charge in [-0.25, -0.2) is 0 Å². The van der Waals surface area contributed by atoms with E-state index in [-0.39, 0.29) is 17.4 Å². The van der Waals surface area contributed by atoms with Gasteiger partial charge in [-0.1, -0.05) is 33.6 Å². The molecule has 0 bridgehead atoms. The Morgan fingerprint density at radius 2 is 2.24 bits per heavy atom. The second kappa shape index (κ2) is 6.18. The lowest BCUT2D eigenvalue weighted by atomic mass is 10.00. The average Bonchev–Trinajstić information content (AvgIpc) is 2.98. The van der Waals surface area contributed by atoms with Crippen LogP contribution in [0.25, 0.3) is 0 Å². The van der Waals surface area contributed by atoms with Crippen LogP contribution in [0.4, 0.5) is 0 Å². The van der Waals surface area contributed by atoms with Crippen molar-refractivity contribution in [2.75, 3.05) is 0 Å². The fourth-order valence-electron chi connectivity index (χ4n) is 2.17. The van der Waals surface area contributed by atoms with Crippen molar-refractivity contribution in [3.05, 3.63) is 0 Å². The molecule has 17 heavy (non-hydrogen) atoms. The van der Waals surface area contributed by atoms with Crippen LogP contribution in [-0.4, -0.2) is 18.2 Å². The fraction of sp³-hybridized carbons (Fsp3) is 0.857. The Morgan fingerprint density at radius 3 is 2.76 bits per heavy atom. The zero-order valence-electron chi connectivity index (χ0n) is 11.3. The van der Waals surface area contributed by atoms with Gasteiger partial charge in [0, 0.05) is 17.9 Å². The van der Waals surface area contributed by atoms with Crippen LogP contribution in [0.2, 0.25) is 0 Å². The Hall–Kier alpha value is -0.860. The van der Waals surface area contributed by atoms with E-state index < -0.39 is 0 Å². The molecule has 3 nitrogen and oxygen atoms in total. The molecular weight excluding hydrogens is 214 g/mol. The minimum Gasteiger partial charge on any atom is -0.352 e. The van der Waals surface area contributed by atoms with Crippen molar-refractivity contribution in [1.29, 1.82) is 0 Å². The molecule has 1 aliphatic rings. The molecule has 1 saturated carbocycles. The molecule has 1 fully saturated rings. The highest BCUT2D eigenvalue weighted by Gasteiger charge is 2.54. The number of carbonyl (C=O) groups excluding carboxylic acids is 2. The smallest absolute Gasteiger partial charge is 0.220 e. The molecule has 1 N–H and O–H groups in total. The minimum atomic E-state index is -0.233. The summed E-state index contributed by atoms with van der Waals surface area (Å²) >= 11 is 0. The van der Waals surface area contributed by atoms with Gasteiger partial charge in [0.15, 0.2) is 0 Å². The largest absolute Gasteiger partial charge is 0.352 e. The number of amides is 1. The highest BCUT2D eigenvalue weighted by Crippen LogP contribution is 2.48. The Balaban J connectivity index is 2.29. The molecule has 0 aromatic carbocycles. The number of carbonyl (C=O) groups is 2. The van der Waals surface area contributed by atoms with Crippen LogP contribution in [-0.2, 0) is 9.59 Å². The molecule has 0 heterocycles. The maximum Gasteiger partial charge on any atom is 0.220 e. The predicted octanol–water partition coefficient (Wildman–Crippen LogP) is 2.69. The molecule has 0 spiro atoms. The summed E-state index contributed by atoms with van der Waals surface area (Å²) in [6.45, 7) is 6.35. The first-order valence-corrected chi connectivity index (χ1v) is 6.79. The lowest BCUT2D eigenvalue weighted by molar-refractivity contribution is -0.121. The molecule has 1 amide bonds. The summed E-state index contributed by atoms with van der Waals surface area (Å²) in [5, 5.41) is 2.99. The molecule has 0 aliphatic heterocycles. The lowest BCUT2D eigenvalue weighted by Gasteiger charge is -2.11. The van der Waals surface area contributed by atoms with Crippen molar-refractivity contribution in [3.63, 3.8) is 0 Å². The van der Waals surface area contributed by atoms with E-state index in [1.807, 2.05) is 0 Å². The molecule has 1 unspecified atom stereocenters. The molecular formula is C14H25NO2. The SMILES string of the molecule is CCCC[C@@]1(C=O)CC1NC(=O)CCC(C)C. The molecule has 0 aromatic heterocycles. The number of unbranched alkanes of at least 4 members (excludes halogenated alkanes) is 1. The van der Waals surface area contributed by atoms with Crippen LogP contribution in [0.5, 0.6) is 0 Å². The van der Waals surface area contributed by atoms with Gasteiger partial charge in [0.2, 0.25) is 5.91 Å². The van der Waals surface area contributed by atoms with Gasteiger partial charge in [-0.05, 0) is 25.2 Å². The van der Waals surface area contributed by atoms with E-state index in [9.17, 15) is 9.59 Å². The van der Waals surface area contributed by atoms with Gasteiger partial charge in [0.1, 0.15) is 6.29 Å². The van der Waals surface area contributed by atoms with E-state index in [1.54, 1.807) is 0 Å². The first-order valence-electron chi connectivity index (χ1n) is 6.79. The summed E-state index contributed by atoms with van der Waals surface area (Å²) in [5.41, 5.74) is -0.233. The molecule has 1 aliphatic carbocycles. The van der Waals surface area contributed by atoms with Crippen LogP contribution in [0, 0.1) is 11.3 Å². The van der Waals surface area contributed by atoms with E-state index in [0.717, 1.165) is 38.4 Å². The van der Waals surface area contributed by atoms with Gasteiger partial charge in [-0.3, -0.25) is 4.79 Å². The Bertz CT molecular complexity index is 275. The van der Waals surface area contributed by atoms with Crippen molar-refractivity contribution >= 4 is 12.2 Å². The Labute approximate surface area is 104 Å². The summed E-state index contributed by atoms with van der Waals surface area (Å²) in [4.78, 5) is 22.8. The molecule has 3 heteroatoms. The molecule has 0 aromatic rings. The summed E-state index contributed by atoms with van der Waals surface area (Å²) in [5.74, 6) is 0.653. The second-order valence-electron chi connectivity index (χ2n) is 5.71. The second-order valence-corrected chi connectivity index (χ2v) is 5.71. The first kappa shape index (κ1) is 14.2. The molecule has 2 atom stereocenters. The van der Waals surface area contributed by atoms with Crippen LogP contribution in [0.1, 0.15) is 59.3 Å². The summed E-state index contributed by atoms with van der Waals surface area (Å²) in [7, 11) is 0. The highest BCUT2D eigenvalue weighted by atomic mass is 16.2. The third kappa shape index (κ3) is 4.14. The maximum atomic E-state index is 11.6. The summed E-state index contributed by atoms with van der Waals surface area (Å²) in [6, 6.07) is 0.103. The lowest BCUT2D eigenvalue weighted by Crippen LogP contribution is -2.30. The molecule has 0 saturated heterocycles. The van der Waals surface area contributed by atoms with Crippen LogP contribution in [0.3, 0.4) is 0 Å². The summed E-state index contributed by atoms with van der Waals surface area (Å²) < 4.78 is 0. The van der Waals surface area contributed by atoms with E-state index in [2.05, 4.69) is 26.1 Å². The number of aldehydes is 1. The van der Waals surface area contributed by atoms with Gasteiger partial charge in [0.25, 0.3) is 0 Å². The maximum absolute atomic E-state index is 11.6. The van der Waals surface area contributed by atoms with E-state index >= 15 is 0 Å². The number of nitrogens with one attached hydrogen (secondary N) is 1. The third-order valence-electron chi connectivity index (χ3n) is 3.63. The van der Waals surface area contributed by atoms with Crippen molar-refractivity contribution in [3.8, 4) is 0 Å². The zero-order chi connectivity index (χ0) is 12.9. The normalized spacial score (nSPS) is 26.9. The topological polar surface area (TPSA) is 46.2 Å². The van der Waals surface area contributed by atoms with Crippen molar-refractivity contribution in [2.45, 2.75) is 65.3 Å². The van der Waals surface area contributed by atoms with Gasteiger partial charge < -0.3 is 10.1 Å². The molecule has 0 radical (unpaired) electrons. The van der Waals surface area contributed by atoms with E-state index in [0.29, 0.717) is 12.3 Å². The number of hydrogen-bond acceptors (Lipinski definition) is 2. The molecule has 98 valence electrons. The number of rotatable bonds is 8. The first-order chi connectivity index (χ1) is 8.04. The monoisotopic (exact) mass is 239 g/mol. The fourth-order valence-corrected chi connectivity index (χ4v) is 2.17. The third-order valence-corrected chi connectivity index (χ3v) is 3.63. The van der Waals surface area contributed by atoms with Crippen molar-refractivity contribution in [1.82, 2.24) is 5.32 Å². The highest BCUT2D eigenvalue weighted by molar-refractivity contribution is 5.79. The molecule has 1 rings (SSSR count). The van der Waals surface area contributed by atoms with E-state index in [4.69, 9.17) is 0 Å². The van der Waals surface area contributed by atoms with Gasteiger partial charge >= 0.3 is 0 Å². The van der Waals surface area contributed by atoms with Crippen LogP contribution in [0.15, 0.2) is 0 Å². The van der Waals surface area contributed by atoms with Crippen LogP contribution >= 0.6 is 0 Å². The van der Waals surface area contributed by atoms with E-state index in [1.165, 1.54) is 0 Å². The van der Waals surface area contributed by atoms with Gasteiger partial charge in [-0.2, -0.15) is 0 Å².